The Kier molecular flexibility index (Phi) is 3.49. The Hall–Kier alpha value is -0.610. The van der Waals surface area contributed by atoms with Crippen molar-refractivity contribution in [3.8, 4) is 0 Å². The van der Waals surface area contributed by atoms with Crippen LogP contribution in [0.15, 0.2) is 0 Å². The fourth-order valence-electron chi connectivity index (χ4n) is 1.37. The van der Waals surface area contributed by atoms with Crippen molar-refractivity contribution in [2.75, 3.05) is 26.2 Å². The lowest BCUT2D eigenvalue weighted by Gasteiger charge is -2.32. The molecule has 1 saturated heterocycles. The highest BCUT2D eigenvalue weighted by Gasteiger charge is 2.20. The molecule has 4 heteroatoms. The highest BCUT2D eigenvalue weighted by molar-refractivity contribution is 5.73. The summed E-state index contributed by atoms with van der Waals surface area (Å²) in [5.41, 5.74) is 5.40. The van der Waals surface area contributed by atoms with Gasteiger partial charge in [0.2, 0.25) is 5.91 Å². The van der Waals surface area contributed by atoms with Crippen molar-refractivity contribution in [3.63, 3.8) is 0 Å². The van der Waals surface area contributed by atoms with E-state index in [1.165, 1.54) is 0 Å². The predicted molar refractivity (Wildman–Crippen MR) is 45.7 cm³/mol. The summed E-state index contributed by atoms with van der Waals surface area (Å²) in [6.07, 6.45) is 0.983. The maximum Gasteiger partial charge on any atom is 0.219 e. The van der Waals surface area contributed by atoms with Crippen LogP contribution in [0, 0.1) is 0 Å². The fourth-order valence-corrected chi connectivity index (χ4v) is 1.37. The van der Waals surface area contributed by atoms with Gasteiger partial charge in [-0.3, -0.25) is 4.79 Å². The summed E-state index contributed by atoms with van der Waals surface area (Å²) in [5, 5.41) is 0. The summed E-state index contributed by atoms with van der Waals surface area (Å²) < 4.78 is 5.42. The number of nitrogens with zero attached hydrogens (tertiary/aromatic N) is 1. The molecule has 1 rings (SSSR count). The minimum atomic E-state index is 0.125. The lowest BCUT2D eigenvalue weighted by atomic mass is 10.2. The molecule has 0 saturated carbocycles. The van der Waals surface area contributed by atoms with Crippen LogP contribution in [0.3, 0.4) is 0 Å². The first-order chi connectivity index (χ1) is 5.74. The van der Waals surface area contributed by atoms with Crippen molar-refractivity contribution < 1.29 is 9.53 Å². The molecule has 0 aromatic heterocycles. The highest BCUT2D eigenvalue weighted by Crippen LogP contribution is 2.07. The number of hydrogen-bond donors (Lipinski definition) is 1. The average molecular weight is 172 g/mol. The Labute approximate surface area is 72.7 Å². The normalized spacial score (nSPS) is 24.2. The first-order valence-electron chi connectivity index (χ1n) is 4.31. The summed E-state index contributed by atoms with van der Waals surface area (Å²) in [5.74, 6) is 0.125. The molecule has 4 nitrogen and oxygen atoms in total. The Bertz CT molecular complexity index is 159. The molecule has 12 heavy (non-hydrogen) atoms. The molecular weight excluding hydrogens is 156 g/mol. The number of carbonyl (C=O) groups excluding carboxylic acids is 1. The average Bonchev–Trinajstić information content (AvgIpc) is 2.05. The van der Waals surface area contributed by atoms with E-state index in [9.17, 15) is 4.79 Å². The quantitative estimate of drug-likeness (QED) is 0.615. The van der Waals surface area contributed by atoms with E-state index in [0.29, 0.717) is 19.7 Å². The molecule has 0 unspecified atom stereocenters. The number of nitrogens with two attached hydrogens (primary N) is 1. The lowest BCUT2D eigenvalue weighted by molar-refractivity contribution is -0.136. The molecule has 1 heterocycles. The minimum absolute atomic E-state index is 0.125. The van der Waals surface area contributed by atoms with E-state index >= 15 is 0 Å². The maximum absolute atomic E-state index is 11.0. The van der Waals surface area contributed by atoms with Crippen LogP contribution in [0.1, 0.15) is 13.3 Å². The van der Waals surface area contributed by atoms with E-state index in [2.05, 4.69) is 0 Å². The molecule has 0 radical (unpaired) electrons. The number of carbonyl (C=O) groups is 1. The molecule has 1 atom stereocenters. The van der Waals surface area contributed by atoms with Crippen LogP contribution in [-0.2, 0) is 9.53 Å². The molecule has 70 valence electrons. The van der Waals surface area contributed by atoms with Crippen molar-refractivity contribution in [1.29, 1.82) is 0 Å². The van der Waals surface area contributed by atoms with Crippen LogP contribution < -0.4 is 5.73 Å². The van der Waals surface area contributed by atoms with E-state index in [0.717, 1.165) is 13.0 Å². The highest BCUT2D eigenvalue weighted by atomic mass is 16.5. The van der Waals surface area contributed by atoms with Crippen molar-refractivity contribution in [2.45, 2.75) is 19.4 Å². The molecule has 2 N–H and O–H groups in total. The molecule has 0 aliphatic carbocycles. The zero-order valence-corrected chi connectivity index (χ0v) is 7.45. The monoisotopic (exact) mass is 172 g/mol. The van der Waals surface area contributed by atoms with E-state index in [1.807, 2.05) is 4.90 Å². The van der Waals surface area contributed by atoms with Crippen molar-refractivity contribution >= 4 is 5.91 Å². The molecule has 0 aromatic carbocycles. The third-order valence-corrected chi connectivity index (χ3v) is 2.07. The van der Waals surface area contributed by atoms with Crippen molar-refractivity contribution in [2.24, 2.45) is 5.73 Å². The van der Waals surface area contributed by atoms with Gasteiger partial charge in [0.1, 0.15) is 0 Å². The summed E-state index contributed by atoms with van der Waals surface area (Å²) in [7, 11) is 0. The molecule has 0 bridgehead atoms. The molecule has 1 aliphatic heterocycles. The van der Waals surface area contributed by atoms with Gasteiger partial charge in [-0.1, -0.05) is 0 Å². The lowest BCUT2D eigenvalue weighted by Crippen LogP contribution is -2.45. The summed E-state index contributed by atoms with van der Waals surface area (Å²) >= 11 is 0. The Morgan fingerprint density at radius 2 is 2.50 bits per heavy atom. The molecule has 1 fully saturated rings. The number of amides is 1. The van der Waals surface area contributed by atoms with Gasteiger partial charge in [-0.05, 0) is 13.0 Å². The zero-order valence-electron chi connectivity index (χ0n) is 7.45. The van der Waals surface area contributed by atoms with Crippen LogP contribution in [0.5, 0.6) is 0 Å². The number of morpholine rings is 1. The van der Waals surface area contributed by atoms with Crippen molar-refractivity contribution in [3.05, 3.63) is 0 Å². The predicted octanol–water partition coefficient (Wildman–Crippen LogP) is -0.417. The largest absolute Gasteiger partial charge is 0.374 e. The van der Waals surface area contributed by atoms with Gasteiger partial charge in [-0.15, -0.1) is 0 Å². The minimum Gasteiger partial charge on any atom is -0.374 e. The molecule has 1 amide bonds. The van der Waals surface area contributed by atoms with Crippen molar-refractivity contribution in [1.82, 2.24) is 4.90 Å². The van der Waals surface area contributed by atoms with E-state index in [4.69, 9.17) is 10.5 Å². The Balaban J connectivity index is 2.35. The molecule has 1 aliphatic rings. The van der Waals surface area contributed by atoms with Gasteiger partial charge < -0.3 is 15.4 Å². The fraction of sp³-hybridized carbons (Fsp3) is 0.875. The zero-order chi connectivity index (χ0) is 8.97. The summed E-state index contributed by atoms with van der Waals surface area (Å²) in [4.78, 5) is 12.8. The van der Waals surface area contributed by atoms with Crippen LogP contribution >= 0.6 is 0 Å². The van der Waals surface area contributed by atoms with E-state index in [-0.39, 0.29) is 12.0 Å². The van der Waals surface area contributed by atoms with Crippen LogP contribution in [0.25, 0.3) is 0 Å². The van der Waals surface area contributed by atoms with Crippen LogP contribution in [0.4, 0.5) is 0 Å². The Morgan fingerprint density at radius 1 is 1.75 bits per heavy atom. The van der Waals surface area contributed by atoms with Gasteiger partial charge in [-0.25, -0.2) is 0 Å². The second-order valence-electron chi connectivity index (χ2n) is 3.04. The summed E-state index contributed by atoms with van der Waals surface area (Å²) in [6.45, 7) is 4.27. The first kappa shape index (κ1) is 9.48. The standard InChI is InChI=1S/C8H16N2O2/c1-7(11)10-4-5-12-8(6-10)2-3-9/h8H,2-6,9H2,1H3/t8-/m0/s1. The number of ether oxygens (including phenoxy) is 1. The van der Waals surface area contributed by atoms with Gasteiger partial charge in [-0.2, -0.15) is 0 Å². The van der Waals surface area contributed by atoms with Crippen LogP contribution in [0.2, 0.25) is 0 Å². The SMILES string of the molecule is CC(=O)N1CCO[C@@H](CCN)C1. The summed E-state index contributed by atoms with van der Waals surface area (Å²) in [6, 6.07) is 0. The second-order valence-corrected chi connectivity index (χ2v) is 3.04. The smallest absolute Gasteiger partial charge is 0.219 e. The topological polar surface area (TPSA) is 55.6 Å². The van der Waals surface area contributed by atoms with Crippen LogP contribution in [-0.4, -0.2) is 43.2 Å². The number of rotatable bonds is 2. The van der Waals surface area contributed by atoms with Gasteiger partial charge >= 0.3 is 0 Å². The molecule has 0 aromatic rings. The third-order valence-electron chi connectivity index (χ3n) is 2.07. The molecular formula is C8H16N2O2. The first-order valence-corrected chi connectivity index (χ1v) is 4.31. The van der Waals surface area contributed by atoms with E-state index in [1.54, 1.807) is 6.92 Å². The van der Waals surface area contributed by atoms with Gasteiger partial charge in [0.05, 0.1) is 12.7 Å². The molecule has 0 spiro atoms. The Morgan fingerprint density at radius 3 is 3.08 bits per heavy atom. The van der Waals surface area contributed by atoms with E-state index < -0.39 is 0 Å². The van der Waals surface area contributed by atoms with Gasteiger partial charge in [0, 0.05) is 20.0 Å². The number of hydrogen-bond acceptors (Lipinski definition) is 3. The third kappa shape index (κ3) is 2.46. The maximum atomic E-state index is 11.0. The second kappa shape index (κ2) is 4.42. The van der Waals surface area contributed by atoms with Gasteiger partial charge in [0.25, 0.3) is 0 Å². The van der Waals surface area contributed by atoms with Gasteiger partial charge in [0.15, 0.2) is 0 Å².